The quantitative estimate of drug-likeness (QED) is 0.480. The minimum atomic E-state index is -0.887. The van der Waals surface area contributed by atoms with E-state index in [1.54, 1.807) is 23.2 Å². The van der Waals surface area contributed by atoms with E-state index in [2.05, 4.69) is 23.2 Å². The van der Waals surface area contributed by atoms with Gasteiger partial charge in [0.15, 0.2) is 0 Å². The number of hydrogen-bond acceptors (Lipinski definition) is 4. The first-order valence-corrected chi connectivity index (χ1v) is 11.6. The molecule has 1 aliphatic rings. The molecule has 1 aliphatic heterocycles. The van der Waals surface area contributed by atoms with Gasteiger partial charge in [0, 0.05) is 36.8 Å². The number of rotatable bonds is 6. The molecular formula is C28H32FN3O2. The number of amides is 1. The van der Waals surface area contributed by atoms with Crippen LogP contribution in [0.3, 0.4) is 0 Å². The maximum Gasteiger partial charge on any atom is 0.411 e. The molecule has 1 saturated heterocycles. The highest BCUT2D eigenvalue weighted by Crippen LogP contribution is 2.42. The van der Waals surface area contributed by atoms with Gasteiger partial charge in [0.1, 0.15) is 11.4 Å². The van der Waals surface area contributed by atoms with E-state index in [0.29, 0.717) is 19.4 Å². The van der Waals surface area contributed by atoms with Crippen LogP contribution in [0, 0.1) is 12.7 Å². The van der Waals surface area contributed by atoms with Crippen LogP contribution >= 0.6 is 0 Å². The molecule has 2 atom stereocenters. The predicted octanol–water partition coefficient (Wildman–Crippen LogP) is 6.12. The Morgan fingerprint density at radius 1 is 1.12 bits per heavy atom. The van der Waals surface area contributed by atoms with Gasteiger partial charge in [-0.3, -0.25) is 4.98 Å². The van der Waals surface area contributed by atoms with Gasteiger partial charge in [-0.2, -0.15) is 0 Å². The molecule has 2 N–H and O–H groups in total. The number of benzene rings is 2. The molecule has 4 rings (SSSR count). The van der Waals surface area contributed by atoms with Crippen molar-refractivity contribution in [3.63, 3.8) is 0 Å². The zero-order valence-corrected chi connectivity index (χ0v) is 20.2. The summed E-state index contributed by atoms with van der Waals surface area (Å²) in [5.74, 6) is -0.325. The number of hydrogen-bond donors (Lipinski definition) is 1. The predicted molar refractivity (Wildman–Crippen MR) is 132 cm³/mol. The molecule has 1 fully saturated rings. The summed E-state index contributed by atoms with van der Waals surface area (Å²) in [5.41, 5.74) is 9.86. The fraction of sp³-hybridized carbons (Fsp3) is 0.357. The van der Waals surface area contributed by atoms with E-state index in [-0.39, 0.29) is 18.0 Å². The number of ether oxygens (including phenoxy) is 1. The molecule has 0 spiro atoms. The molecule has 0 saturated carbocycles. The maximum atomic E-state index is 13.6. The van der Waals surface area contributed by atoms with E-state index < -0.39 is 11.1 Å². The third kappa shape index (κ3) is 5.12. The van der Waals surface area contributed by atoms with E-state index in [4.69, 9.17) is 10.5 Å². The molecular weight excluding hydrogens is 429 g/mol. The van der Waals surface area contributed by atoms with E-state index in [9.17, 15) is 9.18 Å². The Kier molecular flexibility index (Phi) is 6.45. The maximum absolute atomic E-state index is 13.6. The topological polar surface area (TPSA) is 68.4 Å². The van der Waals surface area contributed by atoms with E-state index in [1.165, 1.54) is 12.1 Å². The van der Waals surface area contributed by atoms with Crippen LogP contribution in [-0.2, 0) is 10.3 Å². The van der Waals surface area contributed by atoms with Crippen LogP contribution in [0.2, 0.25) is 0 Å². The number of aromatic nitrogens is 1. The number of pyridine rings is 1. The van der Waals surface area contributed by atoms with Crippen LogP contribution in [0.1, 0.15) is 56.5 Å². The third-order valence-corrected chi connectivity index (χ3v) is 6.48. The van der Waals surface area contributed by atoms with Crippen molar-refractivity contribution in [2.45, 2.75) is 57.7 Å². The SMILES string of the molecule is Cc1cc(-c2ccc([C@H](C)N3CC[C@](CC(C)(C)N)(c4ccc(F)cc4)OC3=O)cc2)ccn1. The van der Waals surface area contributed by atoms with E-state index in [1.807, 2.05) is 45.9 Å². The van der Waals surface area contributed by atoms with Crippen LogP contribution in [0.5, 0.6) is 0 Å². The average molecular weight is 462 g/mol. The first-order valence-electron chi connectivity index (χ1n) is 11.6. The summed E-state index contributed by atoms with van der Waals surface area (Å²) >= 11 is 0. The standard InChI is InChI=1S/C28H32FN3O2/c1-19-17-23(13-15-31-19)22-7-5-21(6-8-22)20(2)32-16-14-28(34-26(32)33,18-27(3,4)30)24-9-11-25(29)12-10-24/h5-13,15,17,20H,14,16,18,30H2,1-4H3/t20-,28-/m0/s1. The summed E-state index contributed by atoms with van der Waals surface area (Å²) in [6.45, 7) is 8.31. The lowest BCUT2D eigenvalue weighted by molar-refractivity contribution is -0.0739. The molecule has 178 valence electrons. The molecule has 34 heavy (non-hydrogen) atoms. The number of carbonyl (C=O) groups excluding carboxylic acids is 1. The van der Waals surface area contributed by atoms with Crippen molar-refractivity contribution >= 4 is 6.09 Å². The first-order chi connectivity index (χ1) is 16.1. The summed E-state index contributed by atoms with van der Waals surface area (Å²) in [6.07, 6.45) is 2.44. The third-order valence-electron chi connectivity index (χ3n) is 6.48. The van der Waals surface area contributed by atoms with E-state index >= 15 is 0 Å². The van der Waals surface area contributed by atoms with Crippen molar-refractivity contribution < 1.29 is 13.9 Å². The van der Waals surface area contributed by atoms with Gasteiger partial charge in [0.2, 0.25) is 0 Å². The molecule has 0 unspecified atom stereocenters. The second-order valence-corrected chi connectivity index (χ2v) is 9.96. The highest BCUT2D eigenvalue weighted by molar-refractivity contribution is 5.70. The lowest BCUT2D eigenvalue weighted by atomic mass is 9.79. The van der Waals surface area contributed by atoms with Gasteiger partial charge in [-0.1, -0.05) is 36.4 Å². The normalized spacial score (nSPS) is 19.6. The van der Waals surface area contributed by atoms with Crippen LogP contribution in [0.15, 0.2) is 66.9 Å². The Hall–Kier alpha value is -3.25. The molecule has 2 aromatic carbocycles. The molecule has 6 heteroatoms. The lowest BCUT2D eigenvalue weighted by Gasteiger charge is -2.45. The minimum Gasteiger partial charge on any atom is -0.438 e. The molecule has 1 aromatic heterocycles. The summed E-state index contributed by atoms with van der Waals surface area (Å²) in [6, 6.07) is 18.3. The highest BCUT2D eigenvalue weighted by atomic mass is 19.1. The molecule has 0 radical (unpaired) electrons. The fourth-order valence-electron chi connectivity index (χ4n) is 4.80. The van der Waals surface area contributed by atoms with Gasteiger partial charge >= 0.3 is 6.09 Å². The molecule has 3 aromatic rings. The fourth-order valence-corrected chi connectivity index (χ4v) is 4.80. The number of nitrogens with two attached hydrogens (primary N) is 1. The van der Waals surface area contributed by atoms with Gasteiger partial charge in [0.05, 0.1) is 6.04 Å². The van der Waals surface area contributed by atoms with E-state index in [0.717, 1.165) is 27.9 Å². The van der Waals surface area contributed by atoms with Crippen molar-refractivity contribution in [2.24, 2.45) is 5.73 Å². The number of cyclic esters (lactones) is 1. The zero-order valence-electron chi connectivity index (χ0n) is 20.2. The van der Waals surface area contributed by atoms with Crippen LogP contribution in [-0.4, -0.2) is 28.1 Å². The summed E-state index contributed by atoms with van der Waals surface area (Å²) in [5, 5.41) is 0. The summed E-state index contributed by atoms with van der Waals surface area (Å²) < 4.78 is 19.7. The van der Waals surface area contributed by atoms with Gasteiger partial charge in [-0.15, -0.1) is 0 Å². The van der Waals surface area contributed by atoms with Gasteiger partial charge in [0.25, 0.3) is 0 Å². The minimum absolute atomic E-state index is 0.155. The number of aryl methyl sites for hydroxylation is 1. The summed E-state index contributed by atoms with van der Waals surface area (Å²) in [4.78, 5) is 19.3. The second kappa shape index (κ2) is 9.18. The molecule has 5 nitrogen and oxygen atoms in total. The van der Waals surface area contributed by atoms with Crippen molar-refractivity contribution in [1.29, 1.82) is 0 Å². The van der Waals surface area contributed by atoms with Crippen molar-refractivity contribution in [2.75, 3.05) is 6.54 Å². The lowest BCUT2D eigenvalue weighted by Crippen LogP contribution is -2.52. The smallest absolute Gasteiger partial charge is 0.411 e. The Balaban J connectivity index is 1.54. The van der Waals surface area contributed by atoms with Crippen LogP contribution < -0.4 is 5.73 Å². The first kappa shape index (κ1) is 23.9. The molecule has 0 aliphatic carbocycles. The largest absolute Gasteiger partial charge is 0.438 e. The summed E-state index contributed by atoms with van der Waals surface area (Å²) in [7, 11) is 0. The second-order valence-electron chi connectivity index (χ2n) is 9.96. The Labute approximate surface area is 200 Å². The monoisotopic (exact) mass is 461 g/mol. The zero-order chi connectivity index (χ0) is 24.5. The highest BCUT2D eigenvalue weighted by Gasteiger charge is 2.45. The van der Waals surface area contributed by atoms with Crippen LogP contribution in [0.25, 0.3) is 11.1 Å². The molecule has 2 heterocycles. The van der Waals surface area contributed by atoms with Gasteiger partial charge in [-0.25, -0.2) is 9.18 Å². The molecule has 0 bridgehead atoms. The van der Waals surface area contributed by atoms with Gasteiger partial charge in [-0.05, 0) is 74.2 Å². The molecule has 1 amide bonds. The number of carbonyl (C=O) groups is 1. The van der Waals surface area contributed by atoms with Gasteiger partial charge < -0.3 is 15.4 Å². The van der Waals surface area contributed by atoms with Crippen molar-refractivity contribution in [1.82, 2.24) is 9.88 Å². The van der Waals surface area contributed by atoms with Crippen molar-refractivity contribution in [3.8, 4) is 11.1 Å². The Morgan fingerprint density at radius 3 is 2.38 bits per heavy atom. The van der Waals surface area contributed by atoms with Crippen molar-refractivity contribution in [3.05, 3.63) is 89.5 Å². The number of halogens is 1. The average Bonchev–Trinajstić information content (AvgIpc) is 2.78. The number of nitrogens with zero attached hydrogens (tertiary/aromatic N) is 2. The Bertz CT molecular complexity index is 1160. The van der Waals surface area contributed by atoms with Crippen LogP contribution in [0.4, 0.5) is 9.18 Å². The Morgan fingerprint density at radius 2 is 1.79 bits per heavy atom.